The Labute approximate surface area is 224 Å². The maximum Gasteiger partial charge on any atom is 4.00 e. The second-order valence-electron chi connectivity index (χ2n) is 8.22. The molecule has 32 heavy (non-hydrogen) atoms. The Morgan fingerprint density at radius 2 is 1.59 bits per heavy atom. The van der Waals surface area contributed by atoms with Crippen LogP contribution in [0.5, 0.6) is 0 Å². The molecule has 0 radical (unpaired) electrons. The molecule has 0 saturated heterocycles. The van der Waals surface area contributed by atoms with Crippen molar-refractivity contribution in [2.75, 3.05) is 0 Å². The van der Waals surface area contributed by atoms with Gasteiger partial charge in [0, 0.05) is 5.12 Å². The average molecular weight is 557 g/mol. The first-order chi connectivity index (χ1) is 14.2. The summed E-state index contributed by atoms with van der Waals surface area (Å²) < 4.78 is 0. The molecular formula is C28H27Cl2PZr. The number of fused-ring (bicyclic) bond motifs is 4. The summed E-state index contributed by atoms with van der Waals surface area (Å²) >= 11 is 0. The van der Waals surface area contributed by atoms with Gasteiger partial charge in [-0.05, 0) is 41.9 Å². The second kappa shape index (κ2) is 11.9. The number of benzene rings is 2. The Morgan fingerprint density at radius 3 is 2.28 bits per heavy atom. The van der Waals surface area contributed by atoms with E-state index in [9.17, 15) is 0 Å². The fraction of sp³-hybridized carbons (Fsp3) is 0.214. The van der Waals surface area contributed by atoms with Crippen LogP contribution in [0.25, 0.3) is 26.6 Å². The summed E-state index contributed by atoms with van der Waals surface area (Å²) in [6.07, 6.45) is 5.31. The Morgan fingerprint density at radius 1 is 0.875 bits per heavy atom. The maximum atomic E-state index is 2.43. The zero-order chi connectivity index (χ0) is 19.8. The van der Waals surface area contributed by atoms with Gasteiger partial charge in [0.2, 0.25) is 0 Å². The van der Waals surface area contributed by atoms with E-state index < -0.39 is 0 Å². The van der Waals surface area contributed by atoms with Crippen molar-refractivity contribution in [2.24, 2.45) is 0 Å². The minimum absolute atomic E-state index is 0. The summed E-state index contributed by atoms with van der Waals surface area (Å²) in [6.45, 7) is 4.24. The quantitative estimate of drug-likeness (QED) is 0.279. The summed E-state index contributed by atoms with van der Waals surface area (Å²) in [7, 11) is -0.281. The Hall–Kier alpha value is -1.10. The summed E-state index contributed by atoms with van der Waals surface area (Å²) in [6, 6.07) is 29.1. The van der Waals surface area contributed by atoms with Gasteiger partial charge in [0.25, 0.3) is 0 Å². The standard InChI is InChI=1S/C21H18P.C7H9.2ClH.Zr/c1-2-8-16-14-17(13-15(16)7-1)22-20-11-5-3-9-18(20)19-10-4-6-12-21(19)22;1-6-4-3-5-7(6)2;;;/h1-3,5,7-9,11,13-14H,4,6,10,12H2;3-5H,1-2H3;2*1H;/q2*-1;;;+4/p-2. The van der Waals surface area contributed by atoms with Crippen molar-refractivity contribution < 1.29 is 51.0 Å². The molecule has 1 aliphatic rings. The summed E-state index contributed by atoms with van der Waals surface area (Å²) in [5.41, 5.74) is 4.46. The maximum absolute atomic E-state index is 2.43. The largest absolute Gasteiger partial charge is 4.00 e. The molecule has 6 rings (SSSR count). The minimum atomic E-state index is -0.281. The van der Waals surface area contributed by atoms with E-state index in [2.05, 4.69) is 92.7 Å². The SMILES string of the molecule is Cc1ccc[c-]1C.[Cl-].[Cl-].[Zr+4].c1ccc2[cH-]c(-p3c4c(c5ccccc53)CCCC4)cc2c1. The second-order valence-corrected chi connectivity index (χ2v) is 10.4. The van der Waals surface area contributed by atoms with Crippen molar-refractivity contribution in [3.8, 4) is 5.30 Å². The molecule has 0 bridgehead atoms. The van der Waals surface area contributed by atoms with Gasteiger partial charge >= 0.3 is 26.2 Å². The minimum Gasteiger partial charge on any atom is -1.00 e. The molecule has 1 heterocycles. The van der Waals surface area contributed by atoms with Crippen LogP contribution >= 0.6 is 7.53 Å². The molecule has 0 N–H and O–H groups in total. The van der Waals surface area contributed by atoms with E-state index in [0.29, 0.717) is 0 Å². The molecule has 5 aromatic rings. The number of aryl methyl sites for hydroxylation is 3. The smallest absolute Gasteiger partial charge is 1.00 e. The van der Waals surface area contributed by atoms with Crippen LogP contribution in [0.2, 0.25) is 0 Å². The fourth-order valence-electron chi connectivity index (χ4n) is 4.65. The van der Waals surface area contributed by atoms with E-state index in [1.165, 1.54) is 47.6 Å². The van der Waals surface area contributed by atoms with E-state index in [4.69, 9.17) is 0 Å². The van der Waals surface area contributed by atoms with Gasteiger partial charge in [-0.2, -0.15) is 23.3 Å². The molecule has 1 aliphatic carbocycles. The molecule has 0 spiro atoms. The first kappa shape index (κ1) is 27.1. The van der Waals surface area contributed by atoms with Gasteiger partial charge in [-0.1, -0.05) is 49.5 Å². The van der Waals surface area contributed by atoms with Crippen molar-refractivity contribution >= 4 is 28.8 Å². The molecule has 1 atom stereocenters. The molecule has 162 valence electrons. The van der Waals surface area contributed by atoms with E-state index in [1.807, 2.05) is 0 Å². The molecule has 0 fully saturated rings. The molecule has 1 aromatic heterocycles. The zero-order valence-corrected chi connectivity index (χ0v) is 23.4. The Bertz CT molecular complexity index is 1240. The number of hydrogen-bond acceptors (Lipinski definition) is 0. The molecule has 0 aliphatic heterocycles. The van der Waals surface area contributed by atoms with Gasteiger partial charge in [-0.15, -0.1) is 42.6 Å². The van der Waals surface area contributed by atoms with Crippen molar-refractivity contribution in [1.29, 1.82) is 0 Å². The predicted molar refractivity (Wildman–Crippen MR) is 129 cm³/mol. The summed E-state index contributed by atoms with van der Waals surface area (Å²) in [4.78, 5) is 0. The Balaban J connectivity index is 0.000000317. The topological polar surface area (TPSA) is 0 Å². The third-order valence-electron chi connectivity index (χ3n) is 6.35. The monoisotopic (exact) mass is 554 g/mol. The first-order valence-electron chi connectivity index (χ1n) is 10.7. The van der Waals surface area contributed by atoms with E-state index in [1.54, 1.807) is 26.7 Å². The molecular weight excluding hydrogens is 529 g/mol. The summed E-state index contributed by atoms with van der Waals surface area (Å²) in [5, 5.41) is 9.24. The number of hydrogen-bond donors (Lipinski definition) is 0. The van der Waals surface area contributed by atoms with Crippen molar-refractivity contribution in [3.63, 3.8) is 0 Å². The van der Waals surface area contributed by atoms with Crippen LogP contribution in [0.15, 0.2) is 78.9 Å². The van der Waals surface area contributed by atoms with E-state index in [0.717, 1.165) is 0 Å². The van der Waals surface area contributed by atoms with Crippen molar-refractivity contribution in [1.82, 2.24) is 0 Å². The number of halogens is 2. The fourth-order valence-corrected chi connectivity index (χ4v) is 7.64. The molecule has 1 unspecified atom stereocenters. The normalized spacial score (nSPS) is 12.6. The molecule has 0 nitrogen and oxygen atoms in total. The third-order valence-corrected chi connectivity index (χ3v) is 9.03. The van der Waals surface area contributed by atoms with Gasteiger partial charge in [0.15, 0.2) is 0 Å². The van der Waals surface area contributed by atoms with Crippen LogP contribution in [-0.4, -0.2) is 0 Å². The average Bonchev–Trinajstić information content (AvgIpc) is 3.43. The van der Waals surface area contributed by atoms with Crippen LogP contribution in [0, 0.1) is 13.8 Å². The van der Waals surface area contributed by atoms with Gasteiger partial charge in [-0.3, -0.25) is 0 Å². The van der Waals surface area contributed by atoms with Gasteiger partial charge < -0.3 is 24.8 Å². The summed E-state index contributed by atoms with van der Waals surface area (Å²) in [5.74, 6) is 0. The van der Waals surface area contributed by atoms with Crippen molar-refractivity contribution in [3.05, 3.63) is 101 Å². The number of rotatable bonds is 1. The molecule has 4 aromatic carbocycles. The van der Waals surface area contributed by atoms with Gasteiger partial charge in [0.05, 0.1) is 0 Å². The van der Waals surface area contributed by atoms with E-state index in [-0.39, 0.29) is 58.6 Å². The van der Waals surface area contributed by atoms with Crippen LogP contribution in [-0.2, 0) is 39.0 Å². The van der Waals surface area contributed by atoms with Crippen LogP contribution in [0.4, 0.5) is 0 Å². The third kappa shape index (κ3) is 5.18. The Kier molecular flexibility index (Phi) is 10.1. The van der Waals surface area contributed by atoms with Crippen molar-refractivity contribution in [2.45, 2.75) is 39.5 Å². The van der Waals surface area contributed by atoms with Crippen LogP contribution < -0.4 is 24.8 Å². The van der Waals surface area contributed by atoms with Crippen LogP contribution in [0.3, 0.4) is 0 Å². The molecule has 4 heteroatoms. The molecule has 0 amide bonds. The molecule has 0 saturated carbocycles. The van der Waals surface area contributed by atoms with Gasteiger partial charge in [0.1, 0.15) is 0 Å². The zero-order valence-electron chi connectivity index (χ0n) is 18.5. The van der Waals surface area contributed by atoms with Crippen LogP contribution in [0.1, 0.15) is 34.8 Å². The first-order valence-corrected chi connectivity index (χ1v) is 12.0. The van der Waals surface area contributed by atoms with Gasteiger partial charge in [-0.25, -0.2) is 12.1 Å². The van der Waals surface area contributed by atoms with E-state index >= 15 is 0 Å². The predicted octanol–water partition coefficient (Wildman–Crippen LogP) is 2.59.